The van der Waals surface area contributed by atoms with Crippen LogP contribution in [0, 0.1) is 6.92 Å². The largest absolute Gasteiger partial charge is 0.466 e. The van der Waals surface area contributed by atoms with Crippen molar-refractivity contribution in [2.24, 2.45) is 0 Å². The fourth-order valence-corrected chi connectivity index (χ4v) is 6.24. The highest BCUT2D eigenvalue weighted by Crippen LogP contribution is 2.54. The van der Waals surface area contributed by atoms with Crippen LogP contribution >= 0.6 is 11.8 Å². The Morgan fingerprint density at radius 3 is 2.93 bits per heavy atom. The molecule has 3 atom stereocenters. The molecule has 3 heterocycles. The molecule has 3 saturated heterocycles. The number of aryl methyl sites for hydroxylation is 1. The van der Waals surface area contributed by atoms with Gasteiger partial charge in [-0.05, 0) is 32.8 Å². The average Bonchev–Trinajstić information content (AvgIpc) is 3.28. The molecule has 0 unspecified atom stereocenters. The molecular weight excluding hydrogens is 378 g/mol. The summed E-state index contributed by atoms with van der Waals surface area (Å²) in [5, 5.41) is 0. The number of hydrogen-bond donors (Lipinski definition) is 1. The number of anilines is 1. The van der Waals surface area contributed by atoms with E-state index in [4.69, 9.17) is 10.5 Å². The van der Waals surface area contributed by atoms with E-state index in [1.807, 2.05) is 19.1 Å². The van der Waals surface area contributed by atoms with Gasteiger partial charge in [0.25, 0.3) is 5.91 Å². The number of nitrogens with two attached hydrogens (primary N) is 1. The number of rotatable bonds is 4. The van der Waals surface area contributed by atoms with Gasteiger partial charge >= 0.3 is 5.97 Å². The Hall–Kier alpha value is -2.22. The van der Waals surface area contributed by atoms with E-state index in [1.54, 1.807) is 22.8 Å². The lowest BCUT2D eigenvalue weighted by Gasteiger charge is -2.48. The van der Waals surface area contributed by atoms with Crippen LogP contribution in [0.5, 0.6) is 0 Å². The third-order valence-corrected chi connectivity index (χ3v) is 7.36. The number of nitrogen functional groups attached to an aromatic ring is 1. The number of piperazine rings is 1. The molecule has 150 valence electrons. The first kappa shape index (κ1) is 19.1. The summed E-state index contributed by atoms with van der Waals surface area (Å²) in [6, 6.07) is 4.75. The van der Waals surface area contributed by atoms with Crippen molar-refractivity contribution >= 4 is 35.2 Å². The number of carbonyl (C=O) groups is 3. The van der Waals surface area contributed by atoms with Crippen LogP contribution in [-0.4, -0.2) is 58.6 Å². The Bertz CT molecular complexity index is 845. The van der Waals surface area contributed by atoms with E-state index in [1.165, 1.54) is 11.8 Å². The third kappa shape index (κ3) is 2.69. The van der Waals surface area contributed by atoms with Gasteiger partial charge in [0.15, 0.2) is 4.87 Å². The number of nitrogens with zero attached hydrogens (tertiary/aromatic N) is 2. The maximum Gasteiger partial charge on any atom is 0.307 e. The summed E-state index contributed by atoms with van der Waals surface area (Å²) in [5.74, 6) is -0.0414. The van der Waals surface area contributed by atoms with Crippen LogP contribution in [0.4, 0.5) is 5.69 Å². The molecule has 2 N–H and O–H groups in total. The van der Waals surface area contributed by atoms with Crippen molar-refractivity contribution in [1.82, 2.24) is 9.80 Å². The third-order valence-electron chi connectivity index (χ3n) is 5.80. The molecule has 0 bridgehead atoms. The van der Waals surface area contributed by atoms with E-state index >= 15 is 0 Å². The van der Waals surface area contributed by atoms with Gasteiger partial charge in [0.05, 0.1) is 19.1 Å². The predicted molar refractivity (Wildman–Crippen MR) is 106 cm³/mol. The zero-order valence-electron chi connectivity index (χ0n) is 16.1. The van der Waals surface area contributed by atoms with Crippen LogP contribution in [0.2, 0.25) is 0 Å². The van der Waals surface area contributed by atoms with Crippen LogP contribution in [0.1, 0.15) is 37.3 Å². The average molecular weight is 404 g/mol. The fourth-order valence-electron chi connectivity index (χ4n) is 4.59. The highest BCUT2D eigenvalue weighted by atomic mass is 32.2. The Balaban J connectivity index is 1.83. The first-order chi connectivity index (χ1) is 13.4. The van der Waals surface area contributed by atoms with Crippen LogP contribution in [0.15, 0.2) is 18.2 Å². The highest BCUT2D eigenvalue weighted by Gasteiger charge is 2.64. The van der Waals surface area contributed by atoms with Crippen molar-refractivity contribution in [1.29, 1.82) is 0 Å². The van der Waals surface area contributed by atoms with Gasteiger partial charge in [0.2, 0.25) is 5.91 Å². The first-order valence-electron chi connectivity index (χ1n) is 9.70. The Labute approximate surface area is 168 Å². The second kappa shape index (κ2) is 6.99. The van der Waals surface area contributed by atoms with E-state index in [2.05, 4.69) is 0 Å². The van der Waals surface area contributed by atoms with E-state index in [-0.39, 0.29) is 36.9 Å². The van der Waals surface area contributed by atoms with Crippen LogP contribution in [-0.2, 0) is 24.0 Å². The van der Waals surface area contributed by atoms with Gasteiger partial charge in [0.1, 0.15) is 6.04 Å². The molecule has 0 spiro atoms. The topological polar surface area (TPSA) is 92.9 Å². The second-order valence-corrected chi connectivity index (χ2v) is 8.79. The van der Waals surface area contributed by atoms with Crippen molar-refractivity contribution in [3.05, 3.63) is 29.3 Å². The summed E-state index contributed by atoms with van der Waals surface area (Å²) in [6.45, 7) is 4.57. The molecule has 3 aliphatic heterocycles. The van der Waals surface area contributed by atoms with Gasteiger partial charge in [0, 0.05) is 23.5 Å². The normalized spacial score (nSPS) is 29.1. The Kier molecular flexibility index (Phi) is 4.77. The van der Waals surface area contributed by atoms with E-state index in [0.717, 1.165) is 12.0 Å². The molecule has 0 aliphatic carbocycles. The van der Waals surface area contributed by atoms with Crippen molar-refractivity contribution in [3.8, 4) is 0 Å². The van der Waals surface area contributed by atoms with Crippen molar-refractivity contribution < 1.29 is 19.1 Å². The van der Waals surface area contributed by atoms with Crippen LogP contribution in [0.25, 0.3) is 0 Å². The fraction of sp³-hybridized carbons (Fsp3) is 0.550. The second-order valence-electron chi connectivity index (χ2n) is 7.57. The van der Waals surface area contributed by atoms with Crippen molar-refractivity contribution in [2.75, 3.05) is 24.6 Å². The molecule has 4 rings (SSSR count). The van der Waals surface area contributed by atoms with Gasteiger partial charge < -0.3 is 20.3 Å². The minimum atomic E-state index is -1.20. The summed E-state index contributed by atoms with van der Waals surface area (Å²) in [5.41, 5.74) is 8.40. The monoisotopic (exact) mass is 403 g/mol. The van der Waals surface area contributed by atoms with Crippen molar-refractivity contribution in [3.63, 3.8) is 0 Å². The Morgan fingerprint density at radius 2 is 2.18 bits per heavy atom. The summed E-state index contributed by atoms with van der Waals surface area (Å²) in [6.07, 6.45) is 1.56. The standard InChI is InChI=1S/C20H25N3O4S/c1-3-27-17(24)10-13-11-28-20(14-9-12(2)6-7-15(14)21)19(26)22-8-4-5-16(22)18(25)23(13)20/h6-7,9,13,16H,3-5,8,10-11,21H2,1-2H3/t13-,16+,20+/m1/s1. The van der Waals surface area contributed by atoms with E-state index in [9.17, 15) is 14.4 Å². The number of carbonyl (C=O) groups excluding carboxylic acids is 3. The number of esters is 1. The van der Waals surface area contributed by atoms with Gasteiger partial charge in [-0.2, -0.15) is 0 Å². The predicted octanol–water partition coefficient (Wildman–Crippen LogP) is 1.63. The number of hydrogen-bond acceptors (Lipinski definition) is 6. The molecule has 28 heavy (non-hydrogen) atoms. The Morgan fingerprint density at radius 1 is 1.39 bits per heavy atom. The number of fused-ring (bicyclic) bond motifs is 2. The summed E-state index contributed by atoms with van der Waals surface area (Å²) in [4.78, 5) is 41.5. The molecule has 1 aromatic rings. The minimum Gasteiger partial charge on any atom is -0.466 e. The minimum absolute atomic E-state index is 0.0834. The van der Waals surface area contributed by atoms with E-state index in [0.29, 0.717) is 30.0 Å². The number of ether oxygens (including phenoxy) is 1. The lowest BCUT2D eigenvalue weighted by atomic mass is 9.93. The molecule has 8 heteroatoms. The molecular formula is C20H25N3O4S. The first-order valence-corrected chi connectivity index (χ1v) is 10.7. The van der Waals surface area contributed by atoms with Crippen molar-refractivity contribution in [2.45, 2.75) is 50.1 Å². The lowest BCUT2D eigenvalue weighted by molar-refractivity contribution is -0.165. The summed E-state index contributed by atoms with van der Waals surface area (Å²) >= 11 is 1.40. The number of thioether (sulfide) groups is 1. The zero-order valence-corrected chi connectivity index (χ0v) is 17.0. The summed E-state index contributed by atoms with van der Waals surface area (Å²) < 4.78 is 5.11. The number of amides is 2. The molecule has 0 radical (unpaired) electrons. The van der Waals surface area contributed by atoms with Gasteiger partial charge in [-0.3, -0.25) is 14.4 Å². The van der Waals surface area contributed by atoms with Crippen LogP contribution < -0.4 is 5.73 Å². The smallest absolute Gasteiger partial charge is 0.307 e. The molecule has 3 fully saturated rings. The molecule has 2 amide bonds. The zero-order chi connectivity index (χ0) is 20.1. The van der Waals surface area contributed by atoms with Crippen LogP contribution in [0.3, 0.4) is 0 Å². The van der Waals surface area contributed by atoms with Gasteiger partial charge in [-0.25, -0.2) is 0 Å². The van der Waals surface area contributed by atoms with Gasteiger partial charge in [-0.1, -0.05) is 17.7 Å². The quantitative estimate of drug-likeness (QED) is 0.607. The SMILES string of the molecule is CCOC(=O)C[C@@H]1CS[C@@]2(c3cc(C)ccc3N)C(=O)N3CCC[C@H]3C(=O)N12. The summed E-state index contributed by atoms with van der Waals surface area (Å²) in [7, 11) is 0. The maximum absolute atomic E-state index is 13.7. The molecule has 1 aromatic carbocycles. The lowest BCUT2D eigenvalue weighted by Crippen LogP contribution is -2.67. The number of benzene rings is 1. The maximum atomic E-state index is 13.7. The molecule has 7 nitrogen and oxygen atoms in total. The highest BCUT2D eigenvalue weighted by molar-refractivity contribution is 8.01. The van der Waals surface area contributed by atoms with Gasteiger partial charge in [-0.15, -0.1) is 11.8 Å². The molecule has 0 saturated carbocycles. The van der Waals surface area contributed by atoms with E-state index < -0.39 is 10.9 Å². The molecule has 3 aliphatic rings. The molecule has 0 aromatic heterocycles.